The number of anilines is 1. The zero-order valence-electron chi connectivity index (χ0n) is 14.9. The van der Waals surface area contributed by atoms with E-state index in [-0.39, 0.29) is 17.8 Å². The van der Waals surface area contributed by atoms with E-state index in [1.807, 2.05) is 0 Å². The Kier molecular flexibility index (Phi) is 6.52. The van der Waals surface area contributed by atoms with Gasteiger partial charge in [0.1, 0.15) is 11.5 Å². The van der Waals surface area contributed by atoms with E-state index in [0.29, 0.717) is 18.2 Å². The van der Waals surface area contributed by atoms with Gasteiger partial charge in [-0.25, -0.2) is 14.4 Å². The number of hydrogen-bond acceptors (Lipinski definition) is 4. The van der Waals surface area contributed by atoms with Crippen molar-refractivity contribution in [2.75, 3.05) is 11.9 Å². The van der Waals surface area contributed by atoms with Crippen LogP contribution in [0.25, 0.3) is 0 Å². The molecule has 0 spiro atoms. The molecule has 1 aromatic heterocycles. The molecule has 26 heavy (non-hydrogen) atoms. The van der Waals surface area contributed by atoms with E-state index in [4.69, 9.17) is 0 Å². The van der Waals surface area contributed by atoms with Crippen molar-refractivity contribution in [1.29, 1.82) is 0 Å². The smallest absolute Gasteiger partial charge is 0.270 e. The van der Waals surface area contributed by atoms with E-state index in [2.05, 4.69) is 20.6 Å². The first kappa shape index (κ1) is 18.3. The fourth-order valence-electron chi connectivity index (χ4n) is 3.22. The third-order valence-electron chi connectivity index (χ3n) is 4.69. The maximum absolute atomic E-state index is 12.9. The topological polar surface area (TPSA) is 66.9 Å². The molecule has 0 bridgehead atoms. The molecule has 2 N–H and O–H groups in total. The van der Waals surface area contributed by atoms with Gasteiger partial charge in [0.05, 0.1) is 0 Å². The summed E-state index contributed by atoms with van der Waals surface area (Å²) in [4.78, 5) is 20.9. The summed E-state index contributed by atoms with van der Waals surface area (Å²) >= 11 is 0. The van der Waals surface area contributed by atoms with Gasteiger partial charge in [-0.15, -0.1) is 0 Å². The quantitative estimate of drug-likeness (QED) is 0.774. The number of halogens is 1. The van der Waals surface area contributed by atoms with E-state index in [1.54, 1.807) is 24.4 Å². The molecule has 1 aliphatic rings. The van der Waals surface area contributed by atoms with Crippen molar-refractivity contribution in [2.45, 2.75) is 51.0 Å². The van der Waals surface area contributed by atoms with Crippen LogP contribution in [0, 0.1) is 5.82 Å². The minimum atomic E-state index is -0.238. The van der Waals surface area contributed by atoms with Crippen LogP contribution in [-0.2, 0) is 6.42 Å². The Morgan fingerprint density at radius 3 is 2.54 bits per heavy atom. The Bertz CT molecular complexity index is 712. The molecule has 1 aromatic carbocycles. The first-order chi connectivity index (χ1) is 12.7. The third kappa shape index (κ3) is 5.51. The maximum atomic E-state index is 12.9. The number of nitrogens with one attached hydrogen (secondary N) is 2. The lowest BCUT2D eigenvalue weighted by molar-refractivity contribution is 0.0928. The maximum Gasteiger partial charge on any atom is 0.270 e. The fourth-order valence-corrected chi connectivity index (χ4v) is 3.22. The van der Waals surface area contributed by atoms with Gasteiger partial charge in [-0.05, 0) is 43.0 Å². The van der Waals surface area contributed by atoms with Crippen molar-refractivity contribution in [1.82, 2.24) is 15.3 Å². The van der Waals surface area contributed by atoms with Crippen molar-refractivity contribution in [3.8, 4) is 0 Å². The monoisotopic (exact) mass is 356 g/mol. The van der Waals surface area contributed by atoms with Gasteiger partial charge in [0.2, 0.25) is 5.95 Å². The van der Waals surface area contributed by atoms with Gasteiger partial charge in [0, 0.05) is 18.8 Å². The summed E-state index contributed by atoms with van der Waals surface area (Å²) in [6.07, 6.45) is 9.25. The predicted molar refractivity (Wildman–Crippen MR) is 99.6 cm³/mol. The standard InChI is InChI=1S/C20H25FN4O/c21-16-9-7-15(8-10-16)11-13-22-20-23-14-12-18(25-20)19(26)24-17-5-3-1-2-4-6-17/h7-10,12,14,17H,1-6,11,13H2,(H,24,26)(H,22,23,25). The number of benzene rings is 1. The molecule has 1 fully saturated rings. The molecule has 0 radical (unpaired) electrons. The Labute approximate surface area is 153 Å². The lowest BCUT2D eigenvalue weighted by Gasteiger charge is -2.16. The van der Waals surface area contributed by atoms with Gasteiger partial charge in [0.15, 0.2) is 0 Å². The molecule has 138 valence electrons. The lowest BCUT2D eigenvalue weighted by Crippen LogP contribution is -2.35. The molecule has 5 nitrogen and oxygen atoms in total. The van der Waals surface area contributed by atoms with E-state index >= 15 is 0 Å². The van der Waals surface area contributed by atoms with E-state index in [9.17, 15) is 9.18 Å². The number of nitrogens with zero attached hydrogens (tertiary/aromatic N) is 2. The molecule has 6 heteroatoms. The largest absolute Gasteiger partial charge is 0.354 e. The normalized spacial score (nSPS) is 15.3. The van der Waals surface area contributed by atoms with Gasteiger partial charge < -0.3 is 10.6 Å². The van der Waals surface area contributed by atoms with Crippen LogP contribution in [0.2, 0.25) is 0 Å². The van der Waals surface area contributed by atoms with Crippen molar-refractivity contribution in [3.05, 3.63) is 53.6 Å². The van der Waals surface area contributed by atoms with Crippen LogP contribution >= 0.6 is 0 Å². The second-order valence-electron chi connectivity index (χ2n) is 6.73. The molecule has 2 aromatic rings. The fraction of sp³-hybridized carbons (Fsp3) is 0.450. The molecule has 1 amide bonds. The predicted octanol–water partition coefficient (Wildman–Crippen LogP) is 3.72. The zero-order chi connectivity index (χ0) is 18.2. The zero-order valence-corrected chi connectivity index (χ0v) is 14.9. The van der Waals surface area contributed by atoms with Crippen molar-refractivity contribution in [3.63, 3.8) is 0 Å². The van der Waals surface area contributed by atoms with E-state index < -0.39 is 0 Å². The Hall–Kier alpha value is -2.50. The number of carbonyl (C=O) groups is 1. The van der Waals surface area contributed by atoms with E-state index in [0.717, 1.165) is 24.8 Å². The van der Waals surface area contributed by atoms with Gasteiger partial charge in [-0.3, -0.25) is 4.79 Å². The Morgan fingerprint density at radius 2 is 1.81 bits per heavy atom. The second kappa shape index (κ2) is 9.27. The van der Waals surface area contributed by atoms with Crippen LogP contribution in [0.4, 0.5) is 10.3 Å². The Balaban J connectivity index is 1.51. The Morgan fingerprint density at radius 1 is 1.08 bits per heavy atom. The lowest BCUT2D eigenvalue weighted by atomic mass is 10.1. The van der Waals surface area contributed by atoms with Crippen LogP contribution in [0.5, 0.6) is 0 Å². The molecule has 3 rings (SSSR count). The molecule has 0 atom stereocenters. The molecule has 1 aliphatic carbocycles. The van der Waals surface area contributed by atoms with Crippen LogP contribution in [0.3, 0.4) is 0 Å². The highest BCUT2D eigenvalue weighted by atomic mass is 19.1. The average Bonchev–Trinajstić information content (AvgIpc) is 2.92. The van der Waals surface area contributed by atoms with Crippen molar-refractivity contribution in [2.24, 2.45) is 0 Å². The highest BCUT2D eigenvalue weighted by Gasteiger charge is 2.16. The molecular weight excluding hydrogens is 331 g/mol. The summed E-state index contributed by atoms with van der Waals surface area (Å²) in [6.45, 7) is 0.610. The summed E-state index contributed by atoms with van der Waals surface area (Å²) in [6, 6.07) is 8.30. The summed E-state index contributed by atoms with van der Waals surface area (Å²) in [5.74, 6) is 0.0546. The number of hydrogen-bond donors (Lipinski definition) is 2. The van der Waals surface area contributed by atoms with Crippen LogP contribution in [-0.4, -0.2) is 28.5 Å². The third-order valence-corrected chi connectivity index (χ3v) is 4.69. The molecule has 0 aliphatic heterocycles. The minimum Gasteiger partial charge on any atom is -0.354 e. The summed E-state index contributed by atoms with van der Waals surface area (Å²) in [5, 5.41) is 6.22. The molecule has 1 heterocycles. The van der Waals surface area contributed by atoms with Crippen LogP contribution in [0.1, 0.15) is 54.6 Å². The highest BCUT2D eigenvalue weighted by Crippen LogP contribution is 2.17. The first-order valence-corrected chi connectivity index (χ1v) is 9.33. The second-order valence-corrected chi connectivity index (χ2v) is 6.73. The summed E-state index contributed by atoms with van der Waals surface area (Å²) < 4.78 is 12.9. The molecule has 0 unspecified atom stereocenters. The average molecular weight is 356 g/mol. The van der Waals surface area contributed by atoms with Crippen molar-refractivity contribution < 1.29 is 9.18 Å². The number of aromatic nitrogens is 2. The van der Waals surface area contributed by atoms with Crippen molar-refractivity contribution >= 4 is 11.9 Å². The highest BCUT2D eigenvalue weighted by molar-refractivity contribution is 5.92. The van der Waals surface area contributed by atoms with Crippen LogP contribution in [0.15, 0.2) is 36.5 Å². The van der Waals surface area contributed by atoms with E-state index in [1.165, 1.54) is 37.8 Å². The summed E-state index contributed by atoms with van der Waals surface area (Å²) in [7, 11) is 0. The van der Waals surface area contributed by atoms with Gasteiger partial charge in [0.25, 0.3) is 5.91 Å². The number of carbonyl (C=O) groups excluding carboxylic acids is 1. The molecular formula is C20H25FN4O. The summed E-state index contributed by atoms with van der Waals surface area (Å²) in [5.41, 5.74) is 1.41. The van der Waals surface area contributed by atoms with Gasteiger partial charge in [-0.2, -0.15) is 0 Å². The van der Waals surface area contributed by atoms with Crippen LogP contribution < -0.4 is 10.6 Å². The van der Waals surface area contributed by atoms with Gasteiger partial charge in [-0.1, -0.05) is 37.8 Å². The number of amides is 1. The first-order valence-electron chi connectivity index (χ1n) is 9.33. The van der Waals surface area contributed by atoms with Gasteiger partial charge >= 0.3 is 0 Å². The number of rotatable bonds is 6. The molecule has 0 saturated heterocycles. The minimum absolute atomic E-state index is 0.138. The molecule has 1 saturated carbocycles. The SMILES string of the molecule is O=C(NC1CCCCCC1)c1ccnc(NCCc2ccc(F)cc2)n1.